The molecule has 110 valence electrons. The van der Waals surface area contributed by atoms with Crippen LogP contribution in [0.3, 0.4) is 0 Å². The molecule has 0 fully saturated rings. The molecule has 0 aromatic rings. The van der Waals surface area contributed by atoms with Gasteiger partial charge in [-0.05, 0) is 46.8 Å². The van der Waals surface area contributed by atoms with E-state index in [1.54, 1.807) is 0 Å². The molecule has 0 saturated carbocycles. The maximum atomic E-state index is 4.56. The number of rotatable bonds is 8. The maximum Gasteiger partial charge on any atom is 0.191 e. The second kappa shape index (κ2) is 13.4. The van der Waals surface area contributed by atoms with Gasteiger partial charge in [0, 0.05) is 19.1 Å². The van der Waals surface area contributed by atoms with E-state index >= 15 is 0 Å². The Bertz CT molecular complexity index is 203. The van der Waals surface area contributed by atoms with Crippen LogP contribution in [0.25, 0.3) is 0 Å². The Morgan fingerprint density at radius 1 is 1.17 bits per heavy atom. The molecule has 0 spiro atoms. The number of nitrogens with one attached hydrogen (secondary N) is 2. The summed E-state index contributed by atoms with van der Waals surface area (Å²) < 4.78 is 0. The summed E-state index contributed by atoms with van der Waals surface area (Å²) in [5, 5.41) is 6.58. The highest BCUT2D eigenvalue weighted by molar-refractivity contribution is 14.0. The number of aliphatic imine (C=N–C) groups is 1. The van der Waals surface area contributed by atoms with Gasteiger partial charge >= 0.3 is 0 Å². The van der Waals surface area contributed by atoms with Gasteiger partial charge in [-0.15, -0.1) is 24.0 Å². The standard InChI is InChI=1S/C13H30N4.HI/c1-6-14-13(16-12(4)5)15-10-9-11-17(7-2)8-3;/h12H,6-11H2,1-5H3,(H2,14,15,16);1H. The highest BCUT2D eigenvalue weighted by Gasteiger charge is 2.00. The van der Waals surface area contributed by atoms with E-state index in [-0.39, 0.29) is 24.0 Å². The monoisotopic (exact) mass is 370 g/mol. The van der Waals surface area contributed by atoms with Gasteiger partial charge in [0.15, 0.2) is 5.96 Å². The summed E-state index contributed by atoms with van der Waals surface area (Å²) in [7, 11) is 0. The molecule has 0 aliphatic rings. The maximum absolute atomic E-state index is 4.56. The summed E-state index contributed by atoms with van der Waals surface area (Å²) in [5.74, 6) is 0.932. The second-order valence-corrected chi connectivity index (χ2v) is 4.44. The van der Waals surface area contributed by atoms with E-state index < -0.39 is 0 Å². The molecule has 0 aromatic heterocycles. The van der Waals surface area contributed by atoms with Gasteiger partial charge in [0.2, 0.25) is 0 Å². The summed E-state index contributed by atoms with van der Waals surface area (Å²) in [4.78, 5) is 6.99. The minimum absolute atomic E-state index is 0. The second-order valence-electron chi connectivity index (χ2n) is 4.44. The van der Waals surface area contributed by atoms with Crippen molar-refractivity contribution in [3.63, 3.8) is 0 Å². The lowest BCUT2D eigenvalue weighted by Gasteiger charge is -2.17. The molecule has 0 rings (SSSR count). The van der Waals surface area contributed by atoms with E-state index in [4.69, 9.17) is 0 Å². The minimum Gasteiger partial charge on any atom is -0.357 e. The van der Waals surface area contributed by atoms with Crippen molar-refractivity contribution in [2.45, 2.75) is 47.1 Å². The summed E-state index contributed by atoms with van der Waals surface area (Å²) in [6.45, 7) is 16.0. The lowest BCUT2D eigenvalue weighted by atomic mass is 10.3. The van der Waals surface area contributed by atoms with E-state index in [9.17, 15) is 0 Å². The summed E-state index contributed by atoms with van der Waals surface area (Å²) >= 11 is 0. The van der Waals surface area contributed by atoms with Crippen molar-refractivity contribution in [2.24, 2.45) is 4.99 Å². The van der Waals surface area contributed by atoms with Crippen LogP contribution in [0.1, 0.15) is 41.0 Å². The third-order valence-electron chi connectivity index (χ3n) is 2.57. The average Bonchev–Trinajstić information content (AvgIpc) is 2.28. The van der Waals surface area contributed by atoms with Crippen LogP contribution in [0.5, 0.6) is 0 Å². The van der Waals surface area contributed by atoms with Crippen LogP contribution >= 0.6 is 24.0 Å². The topological polar surface area (TPSA) is 39.7 Å². The third kappa shape index (κ3) is 11.1. The molecule has 0 radical (unpaired) electrons. The Balaban J connectivity index is 0. The van der Waals surface area contributed by atoms with Crippen LogP contribution in [0.2, 0.25) is 0 Å². The zero-order chi connectivity index (χ0) is 13.1. The molecular weight excluding hydrogens is 339 g/mol. The van der Waals surface area contributed by atoms with Crippen molar-refractivity contribution in [3.05, 3.63) is 0 Å². The van der Waals surface area contributed by atoms with Gasteiger partial charge in [-0.3, -0.25) is 4.99 Å². The number of guanidine groups is 1. The Hall–Kier alpha value is -0.0400. The molecule has 18 heavy (non-hydrogen) atoms. The SMILES string of the molecule is CCNC(=NCCCN(CC)CC)NC(C)C.I. The highest BCUT2D eigenvalue weighted by Crippen LogP contribution is 1.91. The van der Waals surface area contributed by atoms with Crippen molar-refractivity contribution >= 4 is 29.9 Å². The van der Waals surface area contributed by atoms with Crippen molar-refractivity contribution in [3.8, 4) is 0 Å². The molecule has 0 heterocycles. The van der Waals surface area contributed by atoms with E-state index in [0.717, 1.165) is 45.1 Å². The fourth-order valence-electron chi connectivity index (χ4n) is 1.62. The van der Waals surface area contributed by atoms with Gasteiger partial charge in [-0.2, -0.15) is 0 Å². The zero-order valence-electron chi connectivity index (χ0n) is 12.6. The highest BCUT2D eigenvalue weighted by atomic mass is 127. The van der Waals surface area contributed by atoms with Crippen molar-refractivity contribution in [2.75, 3.05) is 32.7 Å². The molecule has 0 bridgehead atoms. The van der Waals surface area contributed by atoms with Crippen LogP contribution in [0, 0.1) is 0 Å². The quantitative estimate of drug-likeness (QED) is 0.298. The van der Waals surface area contributed by atoms with E-state index in [1.807, 2.05) is 0 Å². The number of nitrogens with zero attached hydrogens (tertiary/aromatic N) is 2. The Labute approximate surface area is 130 Å². The largest absolute Gasteiger partial charge is 0.357 e. The summed E-state index contributed by atoms with van der Waals surface area (Å²) in [6, 6.07) is 0.426. The van der Waals surface area contributed by atoms with E-state index in [1.165, 1.54) is 0 Å². The number of hydrogen-bond donors (Lipinski definition) is 2. The van der Waals surface area contributed by atoms with Crippen molar-refractivity contribution < 1.29 is 0 Å². The predicted octanol–water partition coefficient (Wildman–Crippen LogP) is 2.30. The lowest BCUT2D eigenvalue weighted by Crippen LogP contribution is -2.41. The molecule has 5 heteroatoms. The van der Waals surface area contributed by atoms with Gasteiger partial charge in [0.05, 0.1) is 0 Å². The molecule has 0 atom stereocenters. The molecule has 0 unspecified atom stereocenters. The van der Waals surface area contributed by atoms with E-state index in [2.05, 4.69) is 55.1 Å². The predicted molar refractivity (Wildman–Crippen MR) is 92.1 cm³/mol. The molecule has 0 saturated heterocycles. The molecule has 0 aliphatic heterocycles. The zero-order valence-corrected chi connectivity index (χ0v) is 15.0. The first-order valence-corrected chi connectivity index (χ1v) is 6.91. The van der Waals surface area contributed by atoms with E-state index in [0.29, 0.717) is 6.04 Å². The molecule has 0 amide bonds. The van der Waals surface area contributed by atoms with Crippen LogP contribution in [-0.2, 0) is 0 Å². The first-order chi connectivity index (χ1) is 8.13. The normalized spacial score (nSPS) is 11.6. The smallest absolute Gasteiger partial charge is 0.191 e. The Morgan fingerprint density at radius 2 is 1.78 bits per heavy atom. The average molecular weight is 370 g/mol. The Kier molecular flexibility index (Phi) is 15.1. The first-order valence-electron chi connectivity index (χ1n) is 6.91. The summed E-state index contributed by atoms with van der Waals surface area (Å²) in [6.07, 6.45) is 1.12. The van der Waals surface area contributed by atoms with Crippen LogP contribution in [0.15, 0.2) is 4.99 Å². The number of halogens is 1. The molecular formula is C13H31IN4. The van der Waals surface area contributed by atoms with Crippen molar-refractivity contribution in [1.82, 2.24) is 15.5 Å². The van der Waals surface area contributed by atoms with Gasteiger partial charge in [-0.25, -0.2) is 0 Å². The fourth-order valence-corrected chi connectivity index (χ4v) is 1.62. The van der Waals surface area contributed by atoms with Crippen LogP contribution in [-0.4, -0.2) is 49.6 Å². The van der Waals surface area contributed by atoms with Crippen molar-refractivity contribution in [1.29, 1.82) is 0 Å². The Morgan fingerprint density at radius 3 is 2.22 bits per heavy atom. The van der Waals surface area contributed by atoms with Crippen LogP contribution < -0.4 is 10.6 Å². The van der Waals surface area contributed by atoms with Gasteiger partial charge in [0.25, 0.3) is 0 Å². The molecule has 2 N–H and O–H groups in total. The molecule has 0 aliphatic carbocycles. The minimum atomic E-state index is 0. The first kappa shape index (κ1) is 20.3. The van der Waals surface area contributed by atoms with Gasteiger partial charge in [0.1, 0.15) is 0 Å². The molecule has 0 aromatic carbocycles. The van der Waals surface area contributed by atoms with Gasteiger partial charge < -0.3 is 15.5 Å². The summed E-state index contributed by atoms with van der Waals surface area (Å²) in [5.41, 5.74) is 0. The fraction of sp³-hybridized carbons (Fsp3) is 0.923. The third-order valence-corrected chi connectivity index (χ3v) is 2.57. The lowest BCUT2D eigenvalue weighted by molar-refractivity contribution is 0.302. The van der Waals surface area contributed by atoms with Gasteiger partial charge in [-0.1, -0.05) is 13.8 Å². The van der Waals surface area contributed by atoms with Crippen LogP contribution in [0.4, 0.5) is 0 Å². The number of hydrogen-bond acceptors (Lipinski definition) is 2. The molecule has 4 nitrogen and oxygen atoms in total.